The zero-order valence-corrected chi connectivity index (χ0v) is 16.2. The first kappa shape index (κ1) is 19.6. The summed E-state index contributed by atoms with van der Waals surface area (Å²) in [6.45, 7) is 0.519. The molecule has 6 heteroatoms. The van der Waals surface area contributed by atoms with Gasteiger partial charge in [-0.15, -0.1) is 0 Å². The van der Waals surface area contributed by atoms with Crippen molar-refractivity contribution in [3.8, 4) is 11.5 Å². The van der Waals surface area contributed by atoms with Gasteiger partial charge in [-0.3, -0.25) is 4.79 Å². The molecule has 0 fully saturated rings. The van der Waals surface area contributed by atoms with Crippen LogP contribution in [-0.4, -0.2) is 19.6 Å². The number of amides is 1. The van der Waals surface area contributed by atoms with Gasteiger partial charge in [0.1, 0.15) is 0 Å². The number of halogens is 1. The van der Waals surface area contributed by atoms with Gasteiger partial charge in [0.2, 0.25) is 0 Å². The molecule has 0 bridgehead atoms. The summed E-state index contributed by atoms with van der Waals surface area (Å²) in [4.78, 5) is 12.1. The Balaban J connectivity index is 1.49. The van der Waals surface area contributed by atoms with Crippen LogP contribution in [0.4, 0.5) is 11.4 Å². The van der Waals surface area contributed by atoms with Crippen LogP contribution in [0, 0.1) is 0 Å². The van der Waals surface area contributed by atoms with Crippen molar-refractivity contribution in [1.82, 2.24) is 0 Å². The third-order valence-corrected chi connectivity index (χ3v) is 4.41. The number of hydrogen-bond acceptors (Lipinski definition) is 4. The van der Waals surface area contributed by atoms with Crippen molar-refractivity contribution in [2.24, 2.45) is 0 Å². The lowest BCUT2D eigenvalue weighted by Gasteiger charge is -2.11. The zero-order valence-electron chi connectivity index (χ0n) is 15.4. The van der Waals surface area contributed by atoms with Crippen molar-refractivity contribution in [3.05, 3.63) is 83.4 Å². The van der Waals surface area contributed by atoms with Gasteiger partial charge >= 0.3 is 0 Å². The third-order valence-electron chi connectivity index (χ3n) is 4.04. The summed E-state index contributed by atoms with van der Waals surface area (Å²) >= 11 is 6.16. The second-order valence-corrected chi connectivity index (χ2v) is 6.42. The Morgan fingerprint density at radius 3 is 2.25 bits per heavy atom. The van der Waals surface area contributed by atoms with Crippen molar-refractivity contribution >= 4 is 28.9 Å². The number of para-hydroxylation sites is 2. The summed E-state index contributed by atoms with van der Waals surface area (Å²) in [6.07, 6.45) is 0. The molecule has 3 rings (SSSR count). The highest BCUT2D eigenvalue weighted by Crippen LogP contribution is 2.25. The molecule has 3 aromatic rings. The third kappa shape index (κ3) is 5.41. The Labute approximate surface area is 169 Å². The lowest BCUT2D eigenvalue weighted by atomic mass is 10.2. The number of rotatable bonds is 8. The summed E-state index contributed by atoms with van der Waals surface area (Å²) < 4.78 is 10.7. The van der Waals surface area contributed by atoms with Crippen molar-refractivity contribution in [2.45, 2.75) is 6.54 Å². The van der Waals surface area contributed by atoms with E-state index in [0.717, 1.165) is 16.3 Å². The molecular weight excluding hydrogens is 376 g/mol. The van der Waals surface area contributed by atoms with E-state index in [-0.39, 0.29) is 12.5 Å². The molecule has 144 valence electrons. The number of carbonyl (C=O) groups is 1. The van der Waals surface area contributed by atoms with Crippen LogP contribution < -0.4 is 20.1 Å². The lowest BCUT2D eigenvalue weighted by Crippen LogP contribution is -2.20. The van der Waals surface area contributed by atoms with Gasteiger partial charge in [-0.25, -0.2) is 0 Å². The molecule has 0 radical (unpaired) electrons. The molecule has 0 aliphatic carbocycles. The average Bonchev–Trinajstić information content (AvgIpc) is 2.73. The molecule has 5 nitrogen and oxygen atoms in total. The SMILES string of the molecule is COc1ccccc1OCC(=O)Nc1ccc(NCc2ccccc2Cl)cc1. The Hall–Kier alpha value is -3.18. The van der Waals surface area contributed by atoms with E-state index in [9.17, 15) is 4.79 Å². The van der Waals surface area contributed by atoms with Gasteiger partial charge in [-0.05, 0) is 48.0 Å². The number of hydrogen-bond donors (Lipinski definition) is 2. The Bertz CT molecular complexity index is 929. The first-order valence-electron chi connectivity index (χ1n) is 8.79. The van der Waals surface area contributed by atoms with Crippen LogP contribution in [0.1, 0.15) is 5.56 Å². The summed E-state index contributed by atoms with van der Waals surface area (Å²) in [5.41, 5.74) is 2.65. The molecule has 2 N–H and O–H groups in total. The smallest absolute Gasteiger partial charge is 0.262 e. The van der Waals surface area contributed by atoms with Gasteiger partial charge in [0.05, 0.1) is 7.11 Å². The summed E-state index contributed by atoms with van der Waals surface area (Å²) in [5.74, 6) is 0.867. The normalized spacial score (nSPS) is 10.2. The van der Waals surface area contributed by atoms with E-state index in [1.165, 1.54) is 0 Å². The van der Waals surface area contributed by atoms with Crippen LogP contribution >= 0.6 is 11.6 Å². The van der Waals surface area contributed by atoms with Gasteiger partial charge in [-0.2, -0.15) is 0 Å². The molecule has 3 aromatic carbocycles. The van der Waals surface area contributed by atoms with E-state index in [4.69, 9.17) is 21.1 Å². The van der Waals surface area contributed by atoms with Gasteiger partial charge in [0.25, 0.3) is 5.91 Å². The second-order valence-electron chi connectivity index (χ2n) is 6.01. The van der Waals surface area contributed by atoms with Crippen LogP contribution in [0.5, 0.6) is 11.5 Å². The molecular formula is C22H21ClN2O3. The minimum atomic E-state index is -0.248. The first-order chi connectivity index (χ1) is 13.7. The van der Waals surface area contributed by atoms with Crippen molar-refractivity contribution < 1.29 is 14.3 Å². The molecule has 0 aliphatic heterocycles. The predicted octanol–water partition coefficient (Wildman–Crippen LogP) is 4.98. The molecule has 28 heavy (non-hydrogen) atoms. The average molecular weight is 397 g/mol. The fraction of sp³-hybridized carbons (Fsp3) is 0.136. The number of ether oxygens (including phenoxy) is 2. The number of anilines is 2. The highest BCUT2D eigenvalue weighted by Gasteiger charge is 2.07. The Morgan fingerprint density at radius 1 is 0.893 bits per heavy atom. The quantitative estimate of drug-likeness (QED) is 0.563. The summed E-state index contributed by atoms with van der Waals surface area (Å²) in [6, 6.07) is 22.3. The molecule has 0 saturated heterocycles. The number of methoxy groups -OCH3 is 1. The largest absolute Gasteiger partial charge is 0.493 e. The first-order valence-corrected chi connectivity index (χ1v) is 9.16. The Morgan fingerprint density at radius 2 is 1.54 bits per heavy atom. The Kier molecular flexibility index (Phi) is 6.76. The molecule has 1 amide bonds. The van der Waals surface area contributed by atoms with E-state index in [1.54, 1.807) is 19.2 Å². The van der Waals surface area contributed by atoms with Crippen LogP contribution in [0.25, 0.3) is 0 Å². The van der Waals surface area contributed by atoms with E-state index in [2.05, 4.69) is 10.6 Å². The minimum absolute atomic E-state index is 0.104. The van der Waals surface area contributed by atoms with Gasteiger partial charge < -0.3 is 20.1 Å². The molecule has 0 unspecified atom stereocenters. The maximum atomic E-state index is 12.1. The van der Waals surface area contributed by atoms with Gasteiger partial charge in [0.15, 0.2) is 18.1 Å². The van der Waals surface area contributed by atoms with Gasteiger partial charge in [0, 0.05) is 22.9 Å². The molecule has 0 spiro atoms. The number of nitrogens with one attached hydrogen (secondary N) is 2. The maximum absolute atomic E-state index is 12.1. The highest BCUT2D eigenvalue weighted by atomic mass is 35.5. The van der Waals surface area contributed by atoms with E-state index in [0.29, 0.717) is 23.7 Å². The zero-order chi connectivity index (χ0) is 19.8. The van der Waals surface area contributed by atoms with Crippen LogP contribution in [0.3, 0.4) is 0 Å². The van der Waals surface area contributed by atoms with Crippen LogP contribution in [-0.2, 0) is 11.3 Å². The maximum Gasteiger partial charge on any atom is 0.262 e. The van der Waals surface area contributed by atoms with Crippen LogP contribution in [0.15, 0.2) is 72.8 Å². The molecule has 0 aromatic heterocycles. The number of benzene rings is 3. The lowest BCUT2D eigenvalue weighted by molar-refractivity contribution is -0.118. The summed E-state index contributed by atoms with van der Waals surface area (Å²) in [7, 11) is 1.56. The monoisotopic (exact) mass is 396 g/mol. The predicted molar refractivity (Wildman–Crippen MR) is 112 cm³/mol. The van der Waals surface area contributed by atoms with E-state index >= 15 is 0 Å². The minimum Gasteiger partial charge on any atom is -0.493 e. The van der Waals surface area contributed by atoms with Crippen molar-refractivity contribution in [2.75, 3.05) is 24.4 Å². The fourth-order valence-electron chi connectivity index (χ4n) is 2.59. The standard InChI is InChI=1S/C22H21ClN2O3/c1-27-20-8-4-5-9-21(20)28-15-22(26)25-18-12-10-17(11-13-18)24-14-16-6-2-3-7-19(16)23/h2-13,24H,14-15H2,1H3,(H,25,26). The molecule has 0 saturated carbocycles. The highest BCUT2D eigenvalue weighted by molar-refractivity contribution is 6.31. The van der Waals surface area contributed by atoms with E-state index < -0.39 is 0 Å². The topological polar surface area (TPSA) is 59.6 Å². The molecule has 0 aliphatic rings. The van der Waals surface area contributed by atoms with Crippen LogP contribution in [0.2, 0.25) is 5.02 Å². The van der Waals surface area contributed by atoms with E-state index in [1.807, 2.05) is 60.7 Å². The fourth-order valence-corrected chi connectivity index (χ4v) is 2.79. The van der Waals surface area contributed by atoms with Crippen molar-refractivity contribution in [1.29, 1.82) is 0 Å². The molecule has 0 atom stereocenters. The molecule has 0 heterocycles. The summed E-state index contributed by atoms with van der Waals surface area (Å²) in [5, 5.41) is 6.84. The van der Waals surface area contributed by atoms with Crippen molar-refractivity contribution in [3.63, 3.8) is 0 Å². The second kappa shape index (κ2) is 9.67. The number of carbonyl (C=O) groups excluding carboxylic acids is 1. The van der Waals surface area contributed by atoms with Gasteiger partial charge in [-0.1, -0.05) is 41.9 Å².